The fourth-order valence-corrected chi connectivity index (χ4v) is 4.08. The van der Waals surface area contributed by atoms with Crippen LogP contribution in [0.15, 0.2) is 15.9 Å². The first-order chi connectivity index (χ1) is 7.74. The van der Waals surface area contributed by atoms with Gasteiger partial charge in [-0.15, -0.1) is 22.9 Å². The molecule has 4 heteroatoms. The van der Waals surface area contributed by atoms with E-state index in [2.05, 4.69) is 32.7 Å². The second kappa shape index (κ2) is 6.39. The van der Waals surface area contributed by atoms with Crippen molar-refractivity contribution in [1.82, 2.24) is 5.32 Å². The van der Waals surface area contributed by atoms with E-state index in [0.717, 1.165) is 19.0 Å². The fourth-order valence-electron chi connectivity index (χ4n) is 2.26. The monoisotopic (exact) mass is 321 g/mol. The van der Waals surface area contributed by atoms with E-state index >= 15 is 0 Å². The lowest BCUT2D eigenvalue weighted by molar-refractivity contribution is 0.346. The highest BCUT2D eigenvalue weighted by atomic mass is 79.9. The van der Waals surface area contributed by atoms with Crippen LogP contribution < -0.4 is 5.32 Å². The maximum atomic E-state index is 6.18. The number of thiophene rings is 1. The van der Waals surface area contributed by atoms with Crippen LogP contribution in [0.2, 0.25) is 0 Å². The van der Waals surface area contributed by atoms with Gasteiger partial charge in [-0.2, -0.15) is 0 Å². The number of hydrogen-bond donors (Lipinski definition) is 1. The molecule has 1 fully saturated rings. The van der Waals surface area contributed by atoms with Gasteiger partial charge < -0.3 is 5.32 Å². The van der Waals surface area contributed by atoms with Crippen molar-refractivity contribution in [1.29, 1.82) is 0 Å². The maximum absolute atomic E-state index is 6.18. The molecule has 0 aliphatic heterocycles. The molecule has 90 valence electrons. The highest BCUT2D eigenvalue weighted by Crippen LogP contribution is 2.27. The van der Waals surface area contributed by atoms with Crippen molar-refractivity contribution < 1.29 is 0 Å². The van der Waals surface area contributed by atoms with E-state index in [0.29, 0.717) is 5.38 Å². The smallest absolute Gasteiger partial charge is 0.0339 e. The highest BCUT2D eigenvalue weighted by Gasteiger charge is 2.19. The maximum Gasteiger partial charge on any atom is 0.0339 e. The van der Waals surface area contributed by atoms with Crippen molar-refractivity contribution in [2.24, 2.45) is 5.92 Å². The van der Waals surface area contributed by atoms with Gasteiger partial charge in [0.1, 0.15) is 0 Å². The minimum Gasteiger partial charge on any atom is -0.312 e. The van der Waals surface area contributed by atoms with Crippen molar-refractivity contribution in [2.45, 2.75) is 37.6 Å². The topological polar surface area (TPSA) is 12.0 Å². The van der Waals surface area contributed by atoms with Gasteiger partial charge in [0.2, 0.25) is 0 Å². The van der Waals surface area contributed by atoms with Gasteiger partial charge in [0, 0.05) is 26.7 Å². The quantitative estimate of drug-likeness (QED) is 0.810. The summed E-state index contributed by atoms with van der Waals surface area (Å²) in [6.45, 7) is 2.10. The minimum atomic E-state index is 0.413. The largest absolute Gasteiger partial charge is 0.312 e. The van der Waals surface area contributed by atoms with Gasteiger partial charge in [-0.1, -0.05) is 6.42 Å². The molecule has 0 amide bonds. The van der Waals surface area contributed by atoms with Crippen molar-refractivity contribution >= 4 is 38.9 Å². The van der Waals surface area contributed by atoms with Gasteiger partial charge >= 0.3 is 0 Å². The lowest BCUT2D eigenvalue weighted by Gasteiger charge is -2.25. The molecule has 2 atom stereocenters. The molecule has 1 N–H and O–H groups in total. The summed E-state index contributed by atoms with van der Waals surface area (Å²) >= 11 is 11.5. The zero-order chi connectivity index (χ0) is 11.4. The molecule has 0 radical (unpaired) electrons. The normalized spacial score (nSPS) is 25.9. The van der Waals surface area contributed by atoms with E-state index in [1.165, 1.54) is 35.0 Å². The molecule has 1 aromatic rings. The van der Waals surface area contributed by atoms with Crippen LogP contribution in [0.1, 0.15) is 30.6 Å². The Labute approximate surface area is 115 Å². The van der Waals surface area contributed by atoms with Crippen LogP contribution in [0.5, 0.6) is 0 Å². The van der Waals surface area contributed by atoms with Crippen LogP contribution in [-0.4, -0.2) is 11.9 Å². The van der Waals surface area contributed by atoms with Crippen LogP contribution in [0.3, 0.4) is 0 Å². The fraction of sp³-hybridized carbons (Fsp3) is 0.667. The lowest BCUT2D eigenvalue weighted by atomic mass is 9.89. The average molecular weight is 323 g/mol. The number of halogens is 2. The predicted octanol–water partition coefficient (Wildman–Crippen LogP) is 4.40. The number of nitrogens with one attached hydrogen (secondary N) is 1. The first kappa shape index (κ1) is 12.9. The third-order valence-electron chi connectivity index (χ3n) is 3.07. The van der Waals surface area contributed by atoms with Crippen molar-refractivity contribution in [3.63, 3.8) is 0 Å². The van der Waals surface area contributed by atoms with Crippen LogP contribution in [0, 0.1) is 5.92 Å². The van der Waals surface area contributed by atoms with Gasteiger partial charge in [-0.3, -0.25) is 0 Å². The Morgan fingerprint density at radius 3 is 3.06 bits per heavy atom. The van der Waals surface area contributed by atoms with Gasteiger partial charge in [0.25, 0.3) is 0 Å². The van der Waals surface area contributed by atoms with Crippen LogP contribution in [0.4, 0.5) is 0 Å². The van der Waals surface area contributed by atoms with E-state index in [1.54, 1.807) is 11.3 Å². The standard InChI is InChI=1S/C12H17BrClNS/c13-10-5-12(16-8-10)7-15-6-9-2-1-3-11(14)4-9/h5,8-9,11,15H,1-4,6-7H2. The molecular formula is C12H17BrClNS. The summed E-state index contributed by atoms with van der Waals surface area (Å²) in [6.07, 6.45) is 5.02. The SMILES string of the molecule is ClC1CCCC(CNCc2cc(Br)cs2)C1. The Balaban J connectivity index is 1.67. The zero-order valence-electron chi connectivity index (χ0n) is 9.22. The van der Waals surface area contributed by atoms with Gasteiger partial charge in [-0.05, 0) is 53.7 Å². The second-order valence-corrected chi connectivity index (χ2v) is 7.02. The summed E-state index contributed by atoms with van der Waals surface area (Å²) < 4.78 is 1.19. The average Bonchev–Trinajstić information content (AvgIpc) is 2.64. The number of alkyl halides is 1. The molecule has 1 aliphatic carbocycles. The summed E-state index contributed by atoms with van der Waals surface area (Å²) in [5, 5.41) is 6.08. The molecular weight excluding hydrogens is 306 g/mol. The van der Waals surface area contributed by atoms with Crippen LogP contribution in [-0.2, 0) is 6.54 Å². The second-order valence-electron chi connectivity index (χ2n) is 4.49. The van der Waals surface area contributed by atoms with E-state index in [4.69, 9.17) is 11.6 Å². The third kappa shape index (κ3) is 4.02. The number of hydrogen-bond acceptors (Lipinski definition) is 2. The Morgan fingerprint density at radius 1 is 1.50 bits per heavy atom. The summed E-state index contributed by atoms with van der Waals surface area (Å²) in [6, 6.07) is 2.18. The first-order valence-electron chi connectivity index (χ1n) is 5.81. The van der Waals surface area contributed by atoms with Crippen molar-refractivity contribution in [2.75, 3.05) is 6.54 Å². The highest BCUT2D eigenvalue weighted by molar-refractivity contribution is 9.10. The van der Waals surface area contributed by atoms with Crippen LogP contribution in [0.25, 0.3) is 0 Å². The molecule has 0 bridgehead atoms. The Kier molecular flexibility index (Phi) is 5.14. The summed E-state index contributed by atoms with van der Waals surface area (Å²) in [5.74, 6) is 0.777. The molecule has 2 unspecified atom stereocenters. The Hall–Kier alpha value is 0.430. The molecule has 16 heavy (non-hydrogen) atoms. The Bertz CT molecular complexity index is 329. The molecule has 1 aliphatic rings. The first-order valence-corrected chi connectivity index (χ1v) is 7.92. The van der Waals surface area contributed by atoms with Crippen LogP contribution >= 0.6 is 38.9 Å². The minimum absolute atomic E-state index is 0.413. The molecule has 2 rings (SSSR count). The molecule has 1 saturated carbocycles. The van der Waals surface area contributed by atoms with Gasteiger partial charge in [-0.25, -0.2) is 0 Å². The van der Waals surface area contributed by atoms with Crippen molar-refractivity contribution in [3.05, 3.63) is 20.8 Å². The summed E-state index contributed by atoms with van der Waals surface area (Å²) in [5.41, 5.74) is 0. The van der Waals surface area contributed by atoms with Gasteiger partial charge in [0.15, 0.2) is 0 Å². The van der Waals surface area contributed by atoms with Gasteiger partial charge in [0.05, 0.1) is 0 Å². The van der Waals surface area contributed by atoms with E-state index < -0.39 is 0 Å². The van der Waals surface area contributed by atoms with E-state index in [9.17, 15) is 0 Å². The van der Waals surface area contributed by atoms with Crippen molar-refractivity contribution in [3.8, 4) is 0 Å². The zero-order valence-corrected chi connectivity index (χ0v) is 12.4. The number of rotatable bonds is 4. The van der Waals surface area contributed by atoms with E-state index in [1.807, 2.05) is 0 Å². The molecule has 1 nitrogen and oxygen atoms in total. The molecule has 0 aromatic carbocycles. The molecule has 1 heterocycles. The third-order valence-corrected chi connectivity index (χ3v) is 5.17. The molecule has 0 saturated heterocycles. The molecule has 1 aromatic heterocycles. The Morgan fingerprint density at radius 2 is 2.38 bits per heavy atom. The lowest BCUT2D eigenvalue weighted by Crippen LogP contribution is -2.27. The molecule has 0 spiro atoms. The predicted molar refractivity (Wildman–Crippen MR) is 75.3 cm³/mol. The van der Waals surface area contributed by atoms with E-state index in [-0.39, 0.29) is 0 Å². The summed E-state index contributed by atoms with van der Waals surface area (Å²) in [7, 11) is 0. The summed E-state index contributed by atoms with van der Waals surface area (Å²) in [4.78, 5) is 1.39.